The highest BCUT2D eigenvalue weighted by atomic mass is 16.6. The molecule has 0 aromatic heterocycles. The van der Waals surface area contributed by atoms with Crippen molar-refractivity contribution in [3.8, 4) is 34.5 Å². The fraction of sp³-hybridized carbons (Fsp3) is 0.250. The maximum absolute atomic E-state index is 5.88. The van der Waals surface area contributed by atoms with Crippen molar-refractivity contribution in [2.45, 2.75) is 12.2 Å². The highest BCUT2D eigenvalue weighted by Crippen LogP contribution is 2.29. The van der Waals surface area contributed by atoms with Gasteiger partial charge >= 0.3 is 0 Å². The summed E-state index contributed by atoms with van der Waals surface area (Å²) in [6.07, 6.45) is 0.491. The van der Waals surface area contributed by atoms with Crippen LogP contribution in [-0.2, 0) is 9.47 Å². The summed E-state index contributed by atoms with van der Waals surface area (Å²) in [5.74, 6) is 4.55. The molecule has 0 aliphatic carbocycles. The molecule has 0 radical (unpaired) electrons. The maximum Gasteiger partial charge on any atom is 0.127 e. The normalized spacial score (nSPS) is 19.1. The molecule has 3 aromatic rings. The molecule has 2 aliphatic rings. The molecule has 0 spiro atoms. The lowest BCUT2D eigenvalue weighted by Crippen LogP contribution is -2.03. The summed E-state index contributed by atoms with van der Waals surface area (Å²) in [6.45, 7) is 2.76. The number of ether oxygens (including phenoxy) is 6. The lowest BCUT2D eigenvalue weighted by Gasteiger charge is -2.10. The summed E-state index contributed by atoms with van der Waals surface area (Å²) in [4.78, 5) is 0. The molecule has 5 rings (SSSR count). The second-order valence-electron chi connectivity index (χ2n) is 7.15. The van der Waals surface area contributed by atoms with Gasteiger partial charge in [-0.2, -0.15) is 0 Å². The summed E-state index contributed by atoms with van der Waals surface area (Å²) < 4.78 is 33.3. The Balaban J connectivity index is 1.12. The Hall–Kier alpha value is -3.22. The fourth-order valence-electron chi connectivity index (χ4n) is 2.76. The van der Waals surface area contributed by atoms with E-state index < -0.39 is 0 Å². The molecule has 2 heterocycles. The average molecular weight is 406 g/mol. The van der Waals surface area contributed by atoms with Crippen molar-refractivity contribution in [2.24, 2.45) is 0 Å². The Morgan fingerprint density at radius 1 is 0.500 bits per heavy atom. The van der Waals surface area contributed by atoms with Gasteiger partial charge in [-0.1, -0.05) is 0 Å². The Morgan fingerprint density at radius 2 is 0.767 bits per heavy atom. The van der Waals surface area contributed by atoms with E-state index in [1.165, 1.54) is 0 Å². The predicted molar refractivity (Wildman–Crippen MR) is 110 cm³/mol. The SMILES string of the molecule is c1cc(Oc2ccc(Oc3ccc(OCC4CO4)cc3)cc2)ccc1OCC1CO1. The molecular weight excluding hydrogens is 384 g/mol. The minimum absolute atomic E-state index is 0.246. The molecule has 0 bridgehead atoms. The molecule has 2 saturated heterocycles. The topological polar surface area (TPSA) is 62.0 Å². The number of hydrogen-bond donors (Lipinski definition) is 0. The number of rotatable bonds is 10. The summed E-state index contributed by atoms with van der Waals surface area (Å²) in [6, 6.07) is 22.6. The van der Waals surface area contributed by atoms with Crippen LogP contribution in [0.4, 0.5) is 0 Å². The van der Waals surface area contributed by atoms with Crippen LogP contribution in [0.1, 0.15) is 0 Å². The second kappa shape index (κ2) is 8.65. The molecule has 6 nitrogen and oxygen atoms in total. The third-order valence-electron chi connectivity index (χ3n) is 4.62. The lowest BCUT2D eigenvalue weighted by atomic mass is 10.3. The fourth-order valence-corrected chi connectivity index (χ4v) is 2.76. The smallest absolute Gasteiger partial charge is 0.127 e. The van der Waals surface area contributed by atoms with Gasteiger partial charge in [-0.3, -0.25) is 0 Å². The van der Waals surface area contributed by atoms with Gasteiger partial charge in [0.15, 0.2) is 0 Å². The van der Waals surface area contributed by atoms with Gasteiger partial charge in [0.2, 0.25) is 0 Å². The number of epoxide rings is 2. The van der Waals surface area contributed by atoms with Crippen LogP contribution in [0.3, 0.4) is 0 Å². The second-order valence-corrected chi connectivity index (χ2v) is 7.15. The summed E-state index contributed by atoms with van der Waals surface area (Å²) in [7, 11) is 0. The molecule has 30 heavy (non-hydrogen) atoms. The van der Waals surface area contributed by atoms with Crippen molar-refractivity contribution in [1.29, 1.82) is 0 Å². The van der Waals surface area contributed by atoms with Crippen LogP contribution in [0.2, 0.25) is 0 Å². The van der Waals surface area contributed by atoms with Gasteiger partial charge in [0.25, 0.3) is 0 Å². The predicted octanol–water partition coefficient (Wildman–Crippen LogP) is 4.83. The molecular formula is C24H22O6. The van der Waals surface area contributed by atoms with Crippen LogP contribution in [0.5, 0.6) is 34.5 Å². The molecule has 0 N–H and O–H groups in total. The van der Waals surface area contributed by atoms with Gasteiger partial charge in [-0.15, -0.1) is 0 Å². The van der Waals surface area contributed by atoms with Gasteiger partial charge in [0, 0.05) is 0 Å². The quantitative estimate of drug-likeness (QED) is 0.450. The van der Waals surface area contributed by atoms with Gasteiger partial charge in [-0.25, -0.2) is 0 Å². The zero-order valence-electron chi connectivity index (χ0n) is 16.4. The largest absolute Gasteiger partial charge is 0.491 e. The molecule has 3 aromatic carbocycles. The molecule has 154 valence electrons. The van der Waals surface area contributed by atoms with Crippen molar-refractivity contribution in [3.63, 3.8) is 0 Å². The Bertz CT molecular complexity index is 864. The molecule has 0 saturated carbocycles. The molecule has 2 aliphatic heterocycles. The van der Waals surface area contributed by atoms with E-state index in [0.29, 0.717) is 13.2 Å². The van der Waals surface area contributed by atoms with Gasteiger partial charge in [0.1, 0.15) is 59.9 Å². The zero-order chi connectivity index (χ0) is 20.2. The highest BCUT2D eigenvalue weighted by molar-refractivity contribution is 5.40. The minimum Gasteiger partial charge on any atom is -0.491 e. The number of hydrogen-bond acceptors (Lipinski definition) is 6. The summed E-state index contributed by atoms with van der Waals surface area (Å²) in [5.41, 5.74) is 0. The molecule has 2 atom stereocenters. The molecule has 2 unspecified atom stereocenters. The van der Waals surface area contributed by atoms with E-state index in [1.54, 1.807) is 0 Å². The first-order valence-corrected chi connectivity index (χ1v) is 9.95. The Labute approximate surface area is 174 Å². The van der Waals surface area contributed by atoms with Crippen molar-refractivity contribution < 1.29 is 28.4 Å². The van der Waals surface area contributed by atoms with Gasteiger partial charge in [0.05, 0.1) is 13.2 Å². The van der Waals surface area contributed by atoms with Crippen LogP contribution in [0.15, 0.2) is 72.8 Å². The molecule has 6 heteroatoms. The van der Waals surface area contributed by atoms with E-state index >= 15 is 0 Å². The summed E-state index contributed by atoms with van der Waals surface area (Å²) >= 11 is 0. The van der Waals surface area contributed by atoms with Crippen LogP contribution in [0, 0.1) is 0 Å². The first-order chi connectivity index (χ1) is 14.8. The monoisotopic (exact) mass is 406 g/mol. The van der Waals surface area contributed by atoms with Crippen LogP contribution < -0.4 is 18.9 Å². The third kappa shape index (κ3) is 5.43. The standard InChI is InChI=1S/C24H22O6/c1-5-19(6-2-17(1)25-13-23-15-27-23)29-21-9-11-22(12-10-21)30-20-7-3-18(4-8-20)26-14-24-16-28-24/h1-12,23-24H,13-16H2. The van der Waals surface area contributed by atoms with Gasteiger partial charge in [-0.05, 0) is 72.8 Å². The van der Waals surface area contributed by atoms with E-state index in [4.69, 9.17) is 28.4 Å². The molecule has 2 fully saturated rings. The van der Waals surface area contributed by atoms with Crippen LogP contribution >= 0.6 is 0 Å². The maximum atomic E-state index is 5.88. The van der Waals surface area contributed by atoms with E-state index in [-0.39, 0.29) is 12.2 Å². The van der Waals surface area contributed by atoms with E-state index in [9.17, 15) is 0 Å². The van der Waals surface area contributed by atoms with Gasteiger partial charge < -0.3 is 28.4 Å². The minimum atomic E-state index is 0.246. The zero-order valence-corrected chi connectivity index (χ0v) is 16.4. The summed E-state index contributed by atoms with van der Waals surface area (Å²) in [5, 5.41) is 0. The number of benzene rings is 3. The van der Waals surface area contributed by atoms with Crippen molar-refractivity contribution in [1.82, 2.24) is 0 Å². The van der Waals surface area contributed by atoms with Crippen molar-refractivity contribution in [3.05, 3.63) is 72.8 Å². The Kier molecular flexibility index (Phi) is 5.42. The van der Waals surface area contributed by atoms with E-state index in [1.807, 2.05) is 72.8 Å². The third-order valence-corrected chi connectivity index (χ3v) is 4.62. The highest BCUT2D eigenvalue weighted by Gasteiger charge is 2.23. The lowest BCUT2D eigenvalue weighted by molar-refractivity contribution is 0.263. The van der Waals surface area contributed by atoms with E-state index in [2.05, 4.69) is 0 Å². The van der Waals surface area contributed by atoms with Crippen molar-refractivity contribution in [2.75, 3.05) is 26.4 Å². The average Bonchev–Trinajstić information content (AvgIpc) is 3.69. The van der Waals surface area contributed by atoms with Crippen LogP contribution in [-0.4, -0.2) is 38.6 Å². The Morgan fingerprint density at radius 3 is 1.03 bits per heavy atom. The molecule has 0 amide bonds. The van der Waals surface area contributed by atoms with Crippen LogP contribution in [0.25, 0.3) is 0 Å². The van der Waals surface area contributed by atoms with E-state index in [0.717, 1.165) is 47.7 Å². The first kappa shape index (κ1) is 18.8. The first-order valence-electron chi connectivity index (χ1n) is 9.95. The van der Waals surface area contributed by atoms with Crippen molar-refractivity contribution >= 4 is 0 Å².